The number of rotatable bonds is 14. The Balaban J connectivity index is 3.95. The second kappa shape index (κ2) is 13.4. The van der Waals surface area contributed by atoms with Gasteiger partial charge in [-0.05, 0) is 53.0 Å². The zero-order valence-corrected chi connectivity index (χ0v) is 16.2. The first-order chi connectivity index (χ1) is 12.5. The molecule has 1 amide bonds. The Bertz CT molecular complexity index is 452. The zero-order valence-electron chi connectivity index (χ0n) is 16.2. The molecule has 0 saturated heterocycles. The topological polar surface area (TPSA) is 157 Å². The molecule has 0 aromatic carbocycles. The molecule has 2 atom stereocenters. The molecule has 158 valence electrons. The van der Waals surface area contributed by atoms with Crippen LogP contribution in [0.3, 0.4) is 0 Å². The highest BCUT2D eigenvalue weighted by Crippen LogP contribution is 2.06. The van der Waals surface area contributed by atoms with Gasteiger partial charge >= 0.3 is 12.1 Å². The van der Waals surface area contributed by atoms with Crippen molar-refractivity contribution in [2.45, 2.75) is 70.4 Å². The molecule has 0 aliphatic rings. The summed E-state index contributed by atoms with van der Waals surface area (Å²) in [7, 11) is 0. The maximum absolute atomic E-state index is 11.5. The van der Waals surface area contributed by atoms with Crippen LogP contribution in [0.1, 0.15) is 46.5 Å². The quantitative estimate of drug-likeness (QED) is 0.131. The lowest BCUT2D eigenvalue weighted by Crippen LogP contribution is -2.46. The largest absolute Gasteiger partial charge is 0.480 e. The number of hydrogen-bond donors (Lipinski definition) is 6. The molecule has 27 heavy (non-hydrogen) atoms. The van der Waals surface area contributed by atoms with Crippen molar-refractivity contribution in [3.05, 3.63) is 0 Å². The van der Waals surface area contributed by atoms with E-state index in [1.165, 1.54) is 0 Å². The third-order valence-corrected chi connectivity index (χ3v) is 3.44. The molecular formula is C17H33N3O7. The highest BCUT2D eigenvalue weighted by atomic mass is 16.6. The van der Waals surface area contributed by atoms with Crippen LogP contribution in [0, 0.1) is 0 Å². The molecule has 0 saturated carbocycles. The minimum absolute atomic E-state index is 0.0366. The highest BCUT2D eigenvalue weighted by molar-refractivity contribution is 5.73. The number of aliphatic carboxylic acids is 1. The standard InChI is InChI=1S/C17H33N3O7/c1-17(2,3)27-16(26)19-9-5-4-8-18-12(11-21)10-20-13(15(24)25)6-7-14(22)23/h11-14,18,20,22-23H,4-10H2,1-3H3,(H,19,26)(H,24,25). The van der Waals surface area contributed by atoms with Crippen LogP contribution < -0.4 is 16.0 Å². The van der Waals surface area contributed by atoms with Crippen LogP contribution in [0.2, 0.25) is 0 Å². The molecule has 0 aliphatic heterocycles. The van der Waals surface area contributed by atoms with Crippen LogP contribution in [-0.4, -0.2) is 77.3 Å². The molecule has 0 aliphatic carbocycles. The second-order valence-corrected chi connectivity index (χ2v) is 7.19. The average molecular weight is 391 g/mol. The first-order valence-corrected chi connectivity index (χ1v) is 9.03. The average Bonchev–Trinajstić information content (AvgIpc) is 2.53. The molecule has 0 aromatic heterocycles. The Morgan fingerprint density at radius 3 is 2.22 bits per heavy atom. The predicted octanol–water partition coefficient (Wildman–Crippen LogP) is -0.418. The number of carboxylic acid groups (broad SMARTS) is 1. The van der Waals surface area contributed by atoms with Gasteiger partial charge in [0.05, 0.1) is 6.04 Å². The van der Waals surface area contributed by atoms with Crippen LogP contribution in [0.15, 0.2) is 0 Å². The van der Waals surface area contributed by atoms with Crippen molar-refractivity contribution in [2.24, 2.45) is 0 Å². The lowest BCUT2D eigenvalue weighted by Gasteiger charge is -2.20. The smallest absolute Gasteiger partial charge is 0.407 e. The van der Waals surface area contributed by atoms with Crippen molar-refractivity contribution >= 4 is 18.3 Å². The number of aliphatic hydroxyl groups is 2. The van der Waals surface area contributed by atoms with Gasteiger partial charge in [-0.3, -0.25) is 4.79 Å². The fraction of sp³-hybridized carbons (Fsp3) is 0.824. The van der Waals surface area contributed by atoms with Gasteiger partial charge in [-0.25, -0.2) is 4.79 Å². The number of carbonyl (C=O) groups is 3. The van der Waals surface area contributed by atoms with Crippen molar-refractivity contribution in [3.63, 3.8) is 0 Å². The molecule has 10 heteroatoms. The summed E-state index contributed by atoms with van der Waals surface area (Å²) in [5.41, 5.74) is -0.543. The number of aliphatic hydroxyl groups excluding tert-OH is 1. The van der Waals surface area contributed by atoms with E-state index in [2.05, 4.69) is 16.0 Å². The van der Waals surface area contributed by atoms with Gasteiger partial charge in [-0.2, -0.15) is 0 Å². The SMILES string of the molecule is CC(C)(C)OC(=O)NCCCCNC(C=O)CNC(CCC(O)O)C(=O)O. The molecule has 0 rings (SSSR count). The maximum Gasteiger partial charge on any atom is 0.407 e. The fourth-order valence-electron chi connectivity index (χ4n) is 2.11. The number of ether oxygens (including phenoxy) is 1. The summed E-state index contributed by atoms with van der Waals surface area (Å²) in [4.78, 5) is 33.7. The monoisotopic (exact) mass is 391 g/mol. The fourth-order valence-corrected chi connectivity index (χ4v) is 2.11. The van der Waals surface area contributed by atoms with Crippen molar-refractivity contribution in [2.75, 3.05) is 19.6 Å². The van der Waals surface area contributed by atoms with Crippen molar-refractivity contribution in [1.29, 1.82) is 0 Å². The number of nitrogens with one attached hydrogen (secondary N) is 3. The first kappa shape index (κ1) is 25.2. The van der Waals surface area contributed by atoms with E-state index in [1.807, 2.05) is 0 Å². The van der Waals surface area contributed by atoms with Gasteiger partial charge in [-0.1, -0.05) is 0 Å². The number of aldehydes is 1. The van der Waals surface area contributed by atoms with Gasteiger partial charge in [0.1, 0.15) is 17.9 Å². The molecule has 10 nitrogen and oxygen atoms in total. The summed E-state index contributed by atoms with van der Waals surface area (Å²) in [5, 5.41) is 35.1. The van der Waals surface area contributed by atoms with Gasteiger partial charge in [-0.15, -0.1) is 0 Å². The summed E-state index contributed by atoms with van der Waals surface area (Å²) < 4.78 is 5.11. The van der Waals surface area contributed by atoms with E-state index in [9.17, 15) is 14.4 Å². The minimum atomic E-state index is -1.57. The van der Waals surface area contributed by atoms with Crippen LogP contribution in [0.4, 0.5) is 4.79 Å². The Kier molecular flexibility index (Phi) is 12.6. The van der Waals surface area contributed by atoms with E-state index < -0.39 is 36.0 Å². The normalized spacial score (nSPS) is 13.9. The Hall–Kier alpha value is -1.75. The summed E-state index contributed by atoms with van der Waals surface area (Å²) >= 11 is 0. The van der Waals surface area contributed by atoms with Crippen molar-refractivity contribution in [1.82, 2.24) is 16.0 Å². The summed E-state index contributed by atoms with van der Waals surface area (Å²) in [6.07, 6.45) is 0.00600. The lowest BCUT2D eigenvalue weighted by atomic mass is 10.1. The highest BCUT2D eigenvalue weighted by Gasteiger charge is 2.19. The number of alkyl carbamates (subject to hydrolysis) is 1. The maximum atomic E-state index is 11.5. The first-order valence-electron chi connectivity index (χ1n) is 9.03. The lowest BCUT2D eigenvalue weighted by molar-refractivity contribution is -0.140. The zero-order chi connectivity index (χ0) is 20.9. The van der Waals surface area contributed by atoms with Gasteiger partial charge < -0.3 is 40.8 Å². The molecule has 6 N–H and O–H groups in total. The molecule has 0 fully saturated rings. The number of unbranched alkanes of at least 4 members (excludes halogenated alkanes) is 1. The molecule has 0 heterocycles. The van der Waals surface area contributed by atoms with E-state index >= 15 is 0 Å². The Morgan fingerprint density at radius 1 is 1.07 bits per heavy atom. The summed E-state index contributed by atoms with van der Waals surface area (Å²) in [6, 6.07) is -1.53. The van der Waals surface area contributed by atoms with Gasteiger partial charge in [0.2, 0.25) is 0 Å². The second-order valence-electron chi connectivity index (χ2n) is 7.19. The Morgan fingerprint density at radius 2 is 1.70 bits per heavy atom. The van der Waals surface area contributed by atoms with Gasteiger partial charge in [0, 0.05) is 13.1 Å². The van der Waals surface area contributed by atoms with Crippen LogP contribution in [0.25, 0.3) is 0 Å². The number of carboxylic acids is 1. The van der Waals surface area contributed by atoms with Gasteiger partial charge in [0.15, 0.2) is 6.29 Å². The van der Waals surface area contributed by atoms with E-state index in [0.717, 1.165) is 0 Å². The van der Waals surface area contributed by atoms with E-state index in [-0.39, 0.29) is 19.4 Å². The molecule has 0 spiro atoms. The molecule has 0 bridgehead atoms. The van der Waals surface area contributed by atoms with Crippen molar-refractivity contribution < 1.29 is 34.4 Å². The minimum Gasteiger partial charge on any atom is -0.480 e. The predicted molar refractivity (Wildman–Crippen MR) is 98.2 cm³/mol. The van der Waals surface area contributed by atoms with Gasteiger partial charge in [0.25, 0.3) is 0 Å². The summed E-state index contributed by atoms with van der Waals surface area (Å²) in [5.74, 6) is -1.12. The molecule has 0 aromatic rings. The van der Waals surface area contributed by atoms with Crippen LogP contribution >= 0.6 is 0 Å². The van der Waals surface area contributed by atoms with Crippen LogP contribution in [-0.2, 0) is 14.3 Å². The number of amides is 1. The Labute approximate surface area is 159 Å². The summed E-state index contributed by atoms with van der Waals surface area (Å²) in [6.45, 7) is 6.43. The molecular weight excluding hydrogens is 358 g/mol. The van der Waals surface area contributed by atoms with E-state index in [1.54, 1.807) is 20.8 Å². The van der Waals surface area contributed by atoms with Crippen LogP contribution in [0.5, 0.6) is 0 Å². The van der Waals surface area contributed by atoms with E-state index in [4.69, 9.17) is 20.1 Å². The third-order valence-electron chi connectivity index (χ3n) is 3.44. The van der Waals surface area contributed by atoms with Crippen molar-refractivity contribution in [3.8, 4) is 0 Å². The molecule has 2 unspecified atom stereocenters. The molecule has 0 radical (unpaired) electrons. The number of hydrogen-bond acceptors (Lipinski definition) is 8. The van der Waals surface area contributed by atoms with E-state index in [0.29, 0.717) is 32.2 Å². The third kappa shape index (κ3) is 15.0. The number of carbonyl (C=O) groups excluding carboxylic acids is 2.